The van der Waals surface area contributed by atoms with Gasteiger partial charge in [-0.1, -0.05) is 0 Å². The fraction of sp³-hybridized carbons (Fsp3) is 0.364. The molecule has 1 unspecified atom stereocenters. The van der Waals surface area contributed by atoms with Crippen molar-refractivity contribution < 1.29 is 14.7 Å². The number of nitrogens with zero attached hydrogens (tertiary/aromatic N) is 2. The van der Waals surface area contributed by atoms with Crippen LogP contribution in [0.4, 0.5) is 0 Å². The predicted octanol–water partition coefficient (Wildman–Crippen LogP) is -0.134. The molecule has 1 amide bonds. The van der Waals surface area contributed by atoms with Crippen LogP contribution in [0.15, 0.2) is 18.7 Å². The molecule has 90 valence electrons. The molecular weight excluding hydrogens is 222 g/mol. The van der Waals surface area contributed by atoms with Crippen LogP contribution >= 0.6 is 0 Å². The molecule has 2 N–H and O–H groups in total. The Morgan fingerprint density at radius 3 is 2.88 bits per heavy atom. The van der Waals surface area contributed by atoms with Crippen molar-refractivity contribution in [2.45, 2.75) is 25.4 Å². The third-order valence-electron chi connectivity index (χ3n) is 2.11. The highest BCUT2D eigenvalue weighted by atomic mass is 16.4. The third-order valence-corrected chi connectivity index (χ3v) is 2.11. The van der Waals surface area contributed by atoms with Crippen molar-refractivity contribution in [3.05, 3.63) is 18.7 Å². The van der Waals surface area contributed by atoms with Crippen molar-refractivity contribution in [2.75, 3.05) is 0 Å². The van der Waals surface area contributed by atoms with Crippen LogP contribution in [-0.2, 0) is 16.1 Å². The van der Waals surface area contributed by atoms with Gasteiger partial charge in [0.2, 0.25) is 5.91 Å². The highest BCUT2D eigenvalue weighted by molar-refractivity contribution is 5.83. The number of rotatable bonds is 6. The van der Waals surface area contributed by atoms with Gasteiger partial charge in [-0.2, -0.15) is 0 Å². The number of nitrogens with one attached hydrogen (secondary N) is 1. The molecule has 17 heavy (non-hydrogen) atoms. The van der Waals surface area contributed by atoms with Crippen LogP contribution in [0.5, 0.6) is 0 Å². The number of imidazole rings is 1. The lowest BCUT2D eigenvalue weighted by Gasteiger charge is -2.11. The van der Waals surface area contributed by atoms with Crippen LogP contribution in [-0.4, -0.2) is 32.6 Å². The summed E-state index contributed by atoms with van der Waals surface area (Å²) in [6.07, 6.45) is 10.1. The molecule has 6 heteroatoms. The first-order valence-corrected chi connectivity index (χ1v) is 5.05. The quantitative estimate of drug-likeness (QED) is 0.672. The van der Waals surface area contributed by atoms with Crippen LogP contribution in [0.1, 0.15) is 12.8 Å². The summed E-state index contributed by atoms with van der Waals surface area (Å²) in [4.78, 5) is 26.0. The first-order valence-electron chi connectivity index (χ1n) is 5.05. The molecule has 1 rings (SSSR count). The molecule has 0 saturated heterocycles. The van der Waals surface area contributed by atoms with Gasteiger partial charge in [0.05, 0.1) is 6.33 Å². The molecule has 0 aliphatic rings. The Morgan fingerprint density at radius 2 is 2.35 bits per heavy atom. The third kappa shape index (κ3) is 4.38. The maximum Gasteiger partial charge on any atom is 0.327 e. The largest absolute Gasteiger partial charge is 0.480 e. The molecule has 1 aromatic heterocycles. The zero-order valence-electron chi connectivity index (χ0n) is 9.17. The highest BCUT2D eigenvalue weighted by Gasteiger charge is 2.18. The Morgan fingerprint density at radius 1 is 1.59 bits per heavy atom. The second-order valence-corrected chi connectivity index (χ2v) is 3.42. The van der Waals surface area contributed by atoms with Gasteiger partial charge in [0, 0.05) is 31.8 Å². The van der Waals surface area contributed by atoms with E-state index in [1.807, 2.05) is 0 Å². The summed E-state index contributed by atoms with van der Waals surface area (Å²) in [5, 5.41) is 11.1. The second kappa shape index (κ2) is 6.33. The number of aliphatic carboxylic acids is 1. The Hall–Kier alpha value is -2.29. The van der Waals surface area contributed by atoms with E-state index < -0.39 is 12.0 Å². The number of aromatic nitrogens is 2. The Balaban J connectivity index is 2.37. The highest BCUT2D eigenvalue weighted by Crippen LogP contribution is 1.95. The zero-order valence-corrected chi connectivity index (χ0v) is 9.17. The summed E-state index contributed by atoms with van der Waals surface area (Å²) < 4.78 is 1.73. The predicted molar refractivity (Wildman–Crippen MR) is 59.9 cm³/mol. The van der Waals surface area contributed by atoms with E-state index in [0.29, 0.717) is 6.54 Å². The fourth-order valence-electron chi connectivity index (χ4n) is 1.23. The van der Waals surface area contributed by atoms with Gasteiger partial charge in [-0.05, 0) is 0 Å². The number of amides is 1. The fourth-order valence-corrected chi connectivity index (χ4v) is 1.23. The minimum atomic E-state index is -1.13. The lowest BCUT2D eigenvalue weighted by atomic mass is 10.2. The lowest BCUT2D eigenvalue weighted by molar-refractivity contribution is -0.141. The molecule has 0 aliphatic heterocycles. The average Bonchev–Trinajstić information content (AvgIpc) is 2.78. The van der Waals surface area contributed by atoms with E-state index in [-0.39, 0.29) is 18.7 Å². The van der Waals surface area contributed by atoms with E-state index in [1.165, 1.54) is 0 Å². The Bertz CT molecular complexity index is 420. The summed E-state index contributed by atoms with van der Waals surface area (Å²) in [7, 11) is 0. The smallest absolute Gasteiger partial charge is 0.327 e. The number of hydrogen-bond acceptors (Lipinski definition) is 3. The minimum Gasteiger partial charge on any atom is -0.480 e. The molecule has 0 saturated carbocycles. The zero-order chi connectivity index (χ0) is 12.7. The molecule has 0 fully saturated rings. The molecule has 0 radical (unpaired) electrons. The van der Waals surface area contributed by atoms with Gasteiger partial charge in [0.1, 0.15) is 6.04 Å². The summed E-state index contributed by atoms with van der Waals surface area (Å²) in [6, 6.07) is -1.02. The summed E-state index contributed by atoms with van der Waals surface area (Å²) in [5.74, 6) is 0.741. The monoisotopic (exact) mass is 235 g/mol. The van der Waals surface area contributed by atoms with Crippen LogP contribution in [0, 0.1) is 12.3 Å². The topological polar surface area (TPSA) is 84.2 Å². The number of carboxylic acids is 1. The van der Waals surface area contributed by atoms with E-state index >= 15 is 0 Å². The molecule has 1 atom stereocenters. The van der Waals surface area contributed by atoms with Crippen LogP contribution in [0.25, 0.3) is 0 Å². The number of carbonyl (C=O) groups is 2. The summed E-state index contributed by atoms with van der Waals surface area (Å²) >= 11 is 0. The minimum absolute atomic E-state index is 0.0217. The van der Waals surface area contributed by atoms with Gasteiger partial charge in [0.25, 0.3) is 0 Å². The molecule has 1 heterocycles. The van der Waals surface area contributed by atoms with Crippen molar-refractivity contribution in [1.29, 1.82) is 0 Å². The summed E-state index contributed by atoms with van der Waals surface area (Å²) in [6.45, 7) is 0.453. The Kier molecular flexibility index (Phi) is 4.76. The molecule has 1 aromatic rings. The van der Waals surface area contributed by atoms with Crippen molar-refractivity contribution in [2.24, 2.45) is 0 Å². The Labute approximate surface area is 98.7 Å². The van der Waals surface area contributed by atoms with Gasteiger partial charge in [-0.25, -0.2) is 9.78 Å². The number of carboxylic acid groups (broad SMARTS) is 1. The normalized spacial score (nSPS) is 11.5. The first-order chi connectivity index (χ1) is 8.13. The number of carbonyl (C=O) groups excluding carboxylic acids is 1. The van der Waals surface area contributed by atoms with Crippen molar-refractivity contribution in [3.63, 3.8) is 0 Å². The van der Waals surface area contributed by atoms with E-state index in [1.54, 1.807) is 23.3 Å². The van der Waals surface area contributed by atoms with Gasteiger partial charge in [-0.15, -0.1) is 12.3 Å². The van der Waals surface area contributed by atoms with Crippen LogP contribution in [0.2, 0.25) is 0 Å². The number of aryl methyl sites for hydroxylation is 1. The maximum absolute atomic E-state index is 11.5. The summed E-state index contributed by atoms with van der Waals surface area (Å²) in [5.41, 5.74) is 0. The van der Waals surface area contributed by atoms with Crippen molar-refractivity contribution in [3.8, 4) is 12.3 Å². The van der Waals surface area contributed by atoms with Gasteiger partial charge in [-0.3, -0.25) is 4.79 Å². The number of hydrogen-bond donors (Lipinski definition) is 2. The molecular formula is C11H13N3O3. The first kappa shape index (κ1) is 12.8. The molecule has 0 bridgehead atoms. The van der Waals surface area contributed by atoms with E-state index in [2.05, 4.69) is 16.2 Å². The molecule has 0 aliphatic carbocycles. The van der Waals surface area contributed by atoms with Crippen LogP contribution in [0.3, 0.4) is 0 Å². The van der Waals surface area contributed by atoms with Crippen LogP contribution < -0.4 is 5.32 Å². The van der Waals surface area contributed by atoms with Gasteiger partial charge in [0.15, 0.2) is 0 Å². The molecule has 0 aromatic carbocycles. The number of terminal acetylenes is 1. The maximum atomic E-state index is 11.5. The van der Waals surface area contributed by atoms with E-state index in [0.717, 1.165) is 0 Å². The SMILES string of the molecule is C#CCC(NC(=O)CCn1ccnc1)C(=O)O. The molecule has 6 nitrogen and oxygen atoms in total. The second-order valence-electron chi connectivity index (χ2n) is 3.42. The standard InChI is InChI=1S/C11H13N3O3/c1-2-3-9(11(16)17)13-10(15)4-6-14-7-5-12-8-14/h1,5,7-9H,3-4,6H2,(H,13,15)(H,16,17). The van der Waals surface area contributed by atoms with Gasteiger partial charge < -0.3 is 15.0 Å². The van der Waals surface area contributed by atoms with E-state index in [9.17, 15) is 9.59 Å². The van der Waals surface area contributed by atoms with Crippen molar-refractivity contribution in [1.82, 2.24) is 14.9 Å². The van der Waals surface area contributed by atoms with Gasteiger partial charge >= 0.3 is 5.97 Å². The molecule has 0 spiro atoms. The van der Waals surface area contributed by atoms with E-state index in [4.69, 9.17) is 11.5 Å². The average molecular weight is 235 g/mol. The lowest BCUT2D eigenvalue weighted by Crippen LogP contribution is -2.40. The van der Waals surface area contributed by atoms with Crippen molar-refractivity contribution >= 4 is 11.9 Å².